The van der Waals surface area contributed by atoms with Crippen LogP contribution in [-0.2, 0) is 17.4 Å². The van der Waals surface area contributed by atoms with Crippen LogP contribution in [0.15, 0.2) is 18.5 Å². The monoisotopic (exact) mass is 261 g/mol. The van der Waals surface area contributed by atoms with Crippen LogP contribution in [0, 0.1) is 0 Å². The first kappa shape index (κ1) is 13.5. The molecule has 2 rings (SSSR count). The number of hydrogen-bond acceptors (Lipinski definition) is 5. The molecule has 0 aromatic carbocycles. The maximum atomic E-state index is 5.88. The third-order valence-corrected chi connectivity index (χ3v) is 3.34. The van der Waals surface area contributed by atoms with Crippen molar-refractivity contribution in [3.8, 4) is 11.3 Å². The van der Waals surface area contributed by atoms with Crippen molar-refractivity contribution in [2.45, 2.75) is 25.9 Å². The molecule has 0 saturated heterocycles. The lowest BCUT2D eigenvalue weighted by Crippen LogP contribution is -2.26. The highest BCUT2D eigenvalue weighted by Crippen LogP contribution is 2.28. The second-order valence-electron chi connectivity index (χ2n) is 4.69. The van der Waals surface area contributed by atoms with E-state index in [1.807, 2.05) is 27.1 Å². The van der Waals surface area contributed by atoms with Crippen LogP contribution < -0.4 is 5.73 Å². The Bertz CT molecular complexity index is 574. The Labute approximate surface area is 112 Å². The minimum absolute atomic E-state index is 0.431. The highest BCUT2D eigenvalue weighted by atomic mass is 16.5. The quantitative estimate of drug-likeness (QED) is 0.906. The average molecular weight is 261 g/mol. The van der Waals surface area contributed by atoms with Crippen molar-refractivity contribution in [2.24, 2.45) is 7.05 Å². The van der Waals surface area contributed by atoms with Crippen molar-refractivity contribution in [2.75, 3.05) is 12.8 Å². The topological polar surface area (TPSA) is 78.9 Å². The minimum Gasteiger partial charge on any atom is -0.384 e. The number of aryl methyl sites for hydroxylation is 1. The largest absolute Gasteiger partial charge is 0.384 e. The van der Waals surface area contributed by atoms with Crippen LogP contribution in [0.25, 0.3) is 11.3 Å². The molecule has 0 amide bonds. The van der Waals surface area contributed by atoms with Crippen molar-refractivity contribution in [3.05, 3.63) is 24.3 Å². The number of nitrogens with zero attached hydrogens (tertiary/aromatic N) is 4. The maximum Gasteiger partial charge on any atom is 0.162 e. The molecule has 2 aromatic rings. The van der Waals surface area contributed by atoms with Gasteiger partial charge in [0.1, 0.15) is 11.4 Å². The fourth-order valence-corrected chi connectivity index (χ4v) is 1.80. The van der Waals surface area contributed by atoms with E-state index in [1.165, 1.54) is 0 Å². The third kappa shape index (κ3) is 2.58. The smallest absolute Gasteiger partial charge is 0.162 e. The number of aromatic nitrogens is 4. The minimum atomic E-state index is -0.535. The first-order chi connectivity index (χ1) is 8.98. The van der Waals surface area contributed by atoms with E-state index >= 15 is 0 Å². The molecule has 0 saturated carbocycles. The summed E-state index contributed by atoms with van der Waals surface area (Å²) in [6, 6.07) is 1.74. The van der Waals surface area contributed by atoms with Crippen molar-refractivity contribution in [1.82, 2.24) is 19.7 Å². The van der Waals surface area contributed by atoms with Crippen LogP contribution in [-0.4, -0.2) is 26.9 Å². The third-order valence-electron chi connectivity index (χ3n) is 3.34. The molecule has 19 heavy (non-hydrogen) atoms. The van der Waals surface area contributed by atoms with E-state index in [4.69, 9.17) is 10.5 Å². The first-order valence-electron chi connectivity index (χ1n) is 6.17. The highest BCUT2D eigenvalue weighted by Gasteiger charge is 2.28. The Kier molecular flexibility index (Phi) is 3.53. The summed E-state index contributed by atoms with van der Waals surface area (Å²) in [4.78, 5) is 8.86. The second kappa shape index (κ2) is 4.97. The van der Waals surface area contributed by atoms with Gasteiger partial charge in [0.05, 0.1) is 11.9 Å². The molecule has 102 valence electrons. The molecular formula is C13H19N5O. The summed E-state index contributed by atoms with van der Waals surface area (Å²) in [5.41, 5.74) is 7.01. The molecule has 2 aromatic heterocycles. The van der Waals surface area contributed by atoms with E-state index in [2.05, 4.69) is 15.1 Å². The Balaban J connectivity index is 2.51. The van der Waals surface area contributed by atoms with Gasteiger partial charge in [0.25, 0.3) is 0 Å². The lowest BCUT2D eigenvalue weighted by atomic mass is 10.0. The Morgan fingerprint density at radius 2 is 2.16 bits per heavy atom. The lowest BCUT2D eigenvalue weighted by Gasteiger charge is -2.25. The van der Waals surface area contributed by atoms with Gasteiger partial charge in [-0.25, -0.2) is 9.97 Å². The van der Waals surface area contributed by atoms with Gasteiger partial charge in [0.2, 0.25) is 0 Å². The number of nitrogens with two attached hydrogens (primary N) is 1. The molecule has 0 radical (unpaired) electrons. The van der Waals surface area contributed by atoms with Gasteiger partial charge in [-0.3, -0.25) is 4.68 Å². The van der Waals surface area contributed by atoms with Crippen molar-refractivity contribution in [3.63, 3.8) is 0 Å². The van der Waals surface area contributed by atoms with Crippen molar-refractivity contribution in [1.29, 1.82) is 0 Å². The van der Waals surface area contributed by atoms with Crippen LogP contribution in [0.4, 0.5) is 5.82 Å². The normalized spacial score (nSPS) is 14.3. The molecule has 0 aliphatic heterocycles. The first-order valence-corrected chi connectivity index (χ1v) is 6.17. The zero-order chi connectivity index (χ0) is 14.0. The summed E-state index contributed by atoms with van der Waals surface area (Å²) < 4.78 is 7.25. The predicted octanol–water partition coefficient (Wildman–Crippen LogP) is 1.73. The van der Waals surface area contributed by atoms with E-state index in [9.17, 15) is 0 Å². The van der Waals surface area contributed by atoms with E-state index in [-0.39, 0.29) is 0 Å². The zero-order valence-corrected chi connectivity index (χ0v) is 11.7. The van der Waals surface area contributed by atoms with Gasteiger partial charge >= 0.3 is 0 Å². The molecule has 0 fully saturated rings. The summed E-state index contributed by atoms with van der Waals surface area (Å²) >= 11 is 0. The molecule has 2 N–H and O–H groups in total. The van der Waals surface area contributed by atoms with Crippen LogP contribution >= 0.6 is 0 Å². The summed E-state index contributed by atoms with van der Waals surface area (Å²) in [6.45, 7) is 3.98. The molecule has 6 nitrogen and oxygen atoms in total. The van der Waals surface area contributed by atoms with Crippen LogP contribution in [0.5, 0.6) is 0 Å². The molecule has 1 atom stereocenters. The van der Waals surface area contributed by atoms with Crippen molar-refractivity contribution >= 4 is 5.82 Å². The average Bonchev–Trinajstić information content (AvgIpc) is 2.84. The molecule has 0 aliphatic carbocycles. The van der Waals surface area contributed by atoms with Gasteiger partial charge in [0, 0.05) is 32.0 Å². The van der Waals surface area contributed by atoms with E-state index in [1.54, 1.807) is 24.1 Å². The van der Waals surface area contributed by atoms with Crippen LogP contribution in [0.3, 0.4) is 0 Å². The lowest BCUT2D eigenvalue weighted by molar-refractivity contribution is -0.00876. The zero-order valence-electron chi connectivity index (χ0n) is 11.7. The number of methoxy groups -OCH3 is 1. The number of anilines is 1. The summed E-state index contributed by atoms with van der Waals surface area (Å²) in [6.07, 6.45) is 4.41. The van der Waals surface area contributed by atoms with E-state index in [0.29, 0.717) is 11.6 Å². The number of hydrogen-bond donors (Lipinski definition) is 1. The summed E-state index contributed by atoms with van der Waals surface area (Å²) in [7, 11) is 3.51. The Morgan fingerprint density at radius 3 is 2.68 bits per heavy atom. The fourth-order valence-electron chi connectivity index (χ4n) is 1.80. The van der Waals surface area contributed by atoms with Gasteiger partial charge in [-0.2, -0.15) is 5.10 Å². The molecular weight excluding hydrogens is 242 g/mol. The maximum absolute atomic E-state index is 5.88. The highest BCUT2D eigenvalue weighted by molar-refractivity contribution is 5.60. The van der Waals surface area contributed by atoms with Gasteiger partial charge in [-0.15, -0.1) is 0 Å². The Morgan fingerprint density at radius 1 is 1.42 bits per heavy atom. The molecule has 2 heterocycles. The fraction of sp³-hybridized carbons (Fsp3) is 0.462. The van der Waals surface area contributed by atoms with Crippen molar-refractivity contribution < 1.29 is 4.74 Å². The number of rotatable bonds is 4. The van der Waals surface area contributed by atoms with Gasteiger partial charge in [-0.1, -0.05) is 6.92 Å². The predicted molar refractivity (Wildman–Crippen MR) is 73.3 cm³/mol. The SMILES string of the molecule is CCC(C)(OC)c1nc(N)cc(-c2cnn(C)c2)n1. The number of nitrogen functional groups attached to an aromatic ring is 1. The Hall–Kier alpha value is -1.95. The van der Waals surface area contributed by atoms with Gasteiger partial charge in [0.15, 0.2) is 5.82 Å². The summed E-state index contributed by atoms with van der Waals surface area (Å²) in [5, 5.41) is 4.14. The number of ether oxygens (including phenoxy) is 1. The van der Waals surface area contributed by atoms with E-state index in [0.717, 1.165) is 17.7 Å². The van der Waals surface area contributed by atoms with E-state index < -0.39 is 5.60 Å². The molecule has 6 heteroatoms. The molecule has 0 spiro atoms. The second-order valence-corrected chi connectivity index (χ2v) is 4.69. The molecule has 0 bridgehead atoms. The van der Waals surface area contributed by atoms with Crippen LogP contribution in [0.2, 0.25) is 0 Å². The van der Waals surface area contributed by atoms with Crippen LogP contribution in [0.1, 0.15) is 26.1 Å². The molecule has 0 aliphatic rings. The summed E-state index contributed by atoms with van der Waals surface area (Å²) in [5.74, 6) is 1.02. The van der Waals surface area contributed by atoms with Gasteiger partial charge in [-0.05, 0) is 13.3 Å². The standard InChI is InChI=1S/C13H19N5O/c1-5-13(2,19-4)12-16-10(6-11(14)17-12)9-7-15-18(3)8-9/h6-8H,5H2,1-4H3,(H2,14,16,17). The van der Waals surface area contributed by atoms with Gasteiger partial charge < -0.3 is 10.5 Å². The molecule has 1 unspecified atom stereocenters.